The lowest BCUT2D eigenvalue weighted by Gasteiger charge is -2.12. The van der Waals surface area contributed by atoms with Crippen molar-refractivity contribution >= 4 is 28.8 Å². The van der Waals surface area contributed by atoms with Crippen molar-refractivity contribution in [2.45, 2.75) is 33.0 Å². The molecule has 1 atom stereocenters. The Morgan fingerprint density at radius 1 is 1.32 bits per heavy atom. The number of rotatable bonds is 7. The van der Waals surface area contributed by atoms with E-state index in [1.165, 1.54) is 0 Å². The van der Waals surface area contributed by atoms with E-state index in [4.69, 9.17) is 4.84 Å². The first-order valence-electron chi connectivity index (χ1n) is 11.1. The van der Waals surface area contributed by atoms with Crippen molar-refractivity contribution in [1.82, 2.24) is 24.2 Å². The molecule has 1 aromatic carbocycles. The molecule has 0 bridgehead atoms. The monoisotopic (exact) mass is 464 g/mol. The first kappa shape index (κ1) is 22.2. The van der Waals surface area contributed by atoms with E-state index in [1.54, 1.807) is 22.0 Å². The maximum Gasteiger partial charge on any atom is 0.229 e. The lowest BCUT2D eigenvalue weighted by atomic mass is 10.1. The van der Waals surface area contributed by atoms with E-state index < -0.39 is 11.9 Å². The highest BCUT2D eigenvalue weighted by Crippen LogP contribution is 2.26. The van der Waals surface area contributed by atoms with Crippen LogP contribution in [0.15, 0.2) is 43.0 Å². The predicted octanol–water partition coefficient (Wildman–Crippen LogP) is 3.35. The average molecular weight is 465 g/mol. The summed E-state index contributed by atoms with van der Waals surface area (Å²) < 4.78 is 18.3. The lowest BCUT2D eigenvalue weighted by molar-refractivity contribution is -0.118. The fraction of sp³-hybridized carbons (Fsp3) is 0.292. The molecule has 0 saturated carbocycles. The summed E-state index contributed by atoms with van der Waals surface area (Å²) in [7, 11) is 0. The number of carbonyl (C=O) groups is 1. The number of benzene rings is 1. The molecule has 10 heteroatoms. The summed E-state index contributed by atoms with van der Waals surface area (Å²) in [6.07, 6.45) is 6.89. The van der Waals surface area contributed by atoms with Gasteiger partial charge in [-0.1, -0.05) is 0 Å². The van der Waals surface area contributed by atoms with Gasteiger partial charge in [0.1, 0.15) is 0 Å². The van der Waals surface area contributed by atoms with Crippen molar-refractivity contribution in [3.63, 3.8) is 0 Å². The molecule has 176 valence electrons. The van der Waals surface area contributed by atoms with Crippen molar-refractivity contribution in [3.8, 4) is 5.82 Å². The van der Waals surface area contributed by atoms with E-state index in [0.717, 1.165) is 41.1 Å². The molecule has 1 aliphatic heterocycles. The van der Waals surface area contributed by atoms with E-state index in [0.29, 0.717) is 24.3 Å². The maximum atomic E-state index is 14.7. The molecule has 1 fully saturated rings. The molecule has 1 unspecified atom stereocenters. The Hall–Kier alpha value is -3.60. The first-order valence-corrected chi connectivity index (χ1v) is 11.1. The second-order valence-electron chi connectivity index (χ2n) is 8.36. The summed E-state index contributed by atoms with van der Waals surface area (Å²) in [5, 5.41) is 15.3. The Labute approximate surface area is 195 Å². The predicted molar refractivity (Wildman–Crippen MR) is 125 cm³/mol. The first-order chi connectivity index (χ1) is 16.4. The van der Waals surface area contributed by atoms with Crippen LogP contribution in [0.2, 0.25) is 0 Å². The standard InChI is InChI=1S/C24H25FN6O3/c1-3-29-10-17(13-32)20-6-18(4-5-22(20)29)27-24-26-7-21(25)23(28-24)30-8-15(2)16(9-30)11-31-12-19(33)14-34-31/h4-10,13,19,33H,3,11-12,14H2,1-2H3,(H,26,27,28). The largest absolute Gasteiger partial charge is 0.389 e. The molecule has 34 heavy (non-hydrogen) atoms. The Balaban J connectivity index is 1.41. The van der Waals surface area contributed by atoms with Crippen LogP contribution < -0.4 is 5.32 Å². The Kier molecular flexibility index (Phi) is 5.86. The number of hydrogen-bond donors (Lipinski definition) is 2. The molecule has 5 rings (SSSR count). The number of aromatic nitrogens is 4. The summed E-state index contributed by atoms with van der Waals surface area (Å²) in [6.45, 7) is 5.88. The molecule has 0 aliphatic carbocycles. The van der Waals surface area contributed by atoms with E-state index in [-0.39, 0.29) is 18.4 Å². The number of hydroxylamine groups is 2. The Bertz CT molecular complexity index is 1360. The topological polar surface area (TPSA) is 97.4 Å². The number of hydrogen-bond acceptors (Lipinski definition) is 7. The third kappa shape index (κ3) is 4.18. The van der Waals surface area contributed by atoms with Gasteiger partial charge in [0.05, 0.1) is 32.0 Å². The summed E-state index contributed by atoms with van der Waals surface area (Å²) >= 11 is 0. The normalized spacial score (nSPS) is 16.4. The number of carbonyl (C=O) groups excluding carboxylic acids is 1. The van der Waals surface area contributed by atoms with Crippen molar-refractivity contribution in [2.24, 2.45) is 0 Å². The van der Waals surface area contributed by atoms with Gasteiger partial charge in [-0.15, -0.1) is 0 Å². The van der Waals surface area contributed by atoms with Crippen LogP contribution in [0.1, 0.15) is 28.4 Å². The molecule has 2 N–H and O–H groups in total. The number of aldehydes is 1. The maximum absolute atomic E-state index is 14.7. The van der Waals surface area contributed by atoms with Crippen LogP contribution in [-0.2, 0) is 17.9 Å². The molecule has 0 spiro atoms. The van der Waals surface area contributed by atoms with Gasteiger partial charge in [0.15, 0.2) is 17.9 Å². The molecule has 0 radical (unpaired) electrons. The zero-order valence-electron chi connectivity index (χ0n) is 18.9. The minimum atomic E-state index is -0.557. The zero-order chi connectivity index (χ0) is 23.8. The molecule has 3 aromatic heterocycles. The molecule has 4 heterocycles. The van der Waals surface area contributed by atoms with Crippen molar-refractivity contribution in [2.75, 3.05) is 18.5 Å². The number of halogens is 1. The van der Waals surface area contributed by atoms with Gasteiger partial charge in [0.25, 0.3) is 0 Å². The highest BCUT2D eigenvalue weighted by atomic mass is 19.1. The molecule has 0 amide bonds. The van der Waals surface area contributed by atoms with Gasteiger partial charge < -0.3 is 19.6 Å². The van der Waals surface area contributed by atoms with Crippen molar-refractivity contribution < 1.29 is 19.1 Å². The van der Waals surface area contributed by atoms with E-state index in [9.17, 15) is 14.3 Å². The molecule has 9 nitrogen and oxygen atoms in total. The Morgan fingerprint density at radius 3 is 2.91 bits per heavy atom. The molecule has 4 aromatic rings. The van der Waals surface area contributed by atoms with Crippen LogP contribution in [0.4, 0.5) is 16.0 Å². The quantitative estimate of drug-likeness (QED) is 0.405. The number of aliphatic hydroxyl groups excluding tert-OH is 1. The SMILES string of the molecule is CCn1cc(C=O)c2cc(Nc3ncc(F)c(-n4cc(C)c(CN5CC(O)CO5)c4)n3)ccc21. The average Bonchev–Trinajstić information content (AvgIpc) is 3.51. The van der Waals surface area contributed by atoms with Crippen molar-refractivity contribution in [1.29, 1.82) is 0 Å². The number of aryl methyl sites for hydroxylation is 2. The third-order valence-corrected chi connectivity index (χ3v) is 5.95. The Morgan fingerprint density at radius 2 is 2.18 bits per heavy atom. The minimum absolute atomic E-state index is 0.112. The molecular formula is C24H25FN6O3. The highest BCUT2D eigenvalue weighted by molar-refractivity contribution is 5.99. The summed E-state index contributed by atoms with van der Waals surface area (Å²) in [4.78, 5) is 25.4. The van der Waals surface area contributed by atoms with E-state index >= 15 is 0 Å². The number of anilines is 2. The van der Waals surface area contributed by atoms with Gasteiger partial charge in [-0.2, -0.15) is 10.0 Å². The van der Waals surface area contributed by atoms with Gasteiger partial charge in [-0.25, -0.2) is 9.37 Å². The number of nitrogens with zero attached hydrogens (tertiary/aromatic N) is 5. The fourth-order valence-corrected chi connectivity index (χ4v) is 4.20. The molecule has 1 saturated heterocycles. The summed E-state index contributed by atoms with van der Waals surface area (Å²) in [5.41, 5.74) is 4.14. The van der Waals surface area contributed by atoms with E-state index in [2.05, 4.69) is 15.3 Å². The second-order valence-corrected chi connectivity index (χ2v) is 8.36. The van der Waals surface area contributed by atoms with Crippen LogP contribution in [0.3, 0.4) is 0 Å². The minimum Gasteiger partial charge on any atom is -0.389 e. The van der Waals surface area contributed by atoms with Crippen LogP contribution in [0, 0.1) is 12.7 Å². The smallest absolute Gasteiger partial charge is 0.229 e. The van der Waals surface area contributed by atoms with E-state index in [1.807, 2.05) is 42.8 Å². The van der Waals surface area contributed by atoms with Crippen LogP contribution >= 0.6 is 0 Å². The third-order valence-electron chi connectivity index (χ3n) is 5.95. The number of β-amino-alcohol motifs (C(OH)–C–C–N with tert-alkyl or cyclic N) is 1. The second kappa shape index (κ2) is 8.98. The van der Waals surface area contributed by atoms with Gasteiger partial charge in [-0.05, 0) is 43.2 Å². The summed E-state index contributed by atoms with van der Waals surface area (Å²) in [5.74, 6) is -0.211. The van der Waals surface area contributed by atoms with Crippen LogP contribution in [0.5, 0.6) is 0 Å². The van der Waals surface area contributed by atoms with Crippen LogP contribution in [0.25, 0.3) is 16.7 Å². The molecular weight excluding hydrogens is 439 g/mol. The number of nitrogens with one attached hydrogen (secondary N) is 1. The molecule has 1 aliphatic rings. The zero-order valence-corrected chi connectivity index (χ0v) is 18.9. The summed E-state index contributed by atoms with van der Waals surface area (Å²) in [6, 6.07) is 5.66. The van der Waals surface area contributed by atoms with Gasteiger partial charge in [0.2, 0.25) is 5.95 Å². The van der Waals surface area contributed by atoms with Gasteiger partial charge in [0, 0.05) is 47.3 Å². The van der Waals surface area contributed by atoms with Crippen LogP contribution in [-0.4, -0.2) is 54.8 Å². The number of aliphatic hydroxyl groups is 1. The lowest BCUT2D eigenvalue weighted by Crippen LogP contribution is -2.20. The highest BCUT2D eigenvalue weighted by Gasteiger charge is 2.23. The van der Waals surface area contributed by atoms with Gasteiger partial charge >= 0.3 is 0 Å². The fourth-order valence-electron chi connectivity index (χ4n) is 4.20. The van der Waals surface area contributed by atoms with Crippen molar-refractivity contribution in [3.05, 3.63) is 65.5 Å². The van der Waals surface area contributed by atoms with Gasteiger partial charge in [-0.3, -0.25) is 9.63 Å². The number of fused-ring (bicyclic) bond motifs is 1.